The summed E-state index contributed by atoms with van der Waals surface area (Å²) in [5.41, 5.74) is 9.35. The molecule has 3 aliphatic heterocycles. The Morgan fingerprint density at radius 2 is 1.63 bits per heavy atom. The first-order valence-corrected chi connectivity index (χ1v) is 25.9. The molecule has 7 unspecified atom stereocenters. The Balaban J connectivity index is 1.48. The number of ether oxygens (including phenoxy) is 4. The third kappa shape index (κ3) is 15.5. The molecule has 1 aromatic carbocycles. The van der Waals surface area contributed by atoms with E-state index in [1.165, 1.54) is 12.0 Å². The van der Waals surface area contributed by atoms with Gasteiger partial charge in [0.2, 0.25) is 5.79 Å². The molecule has 1 aliphatic carbocycles. The second-order valence-corrected chi connectivity index (χ2v) is 21.0. The molecule has 0 spiro atoms. The highest BCUT2D eigenvalue weighted by Gasteiger charge is 2.53. The van der Waals surface area contributed by atoms with E-state index < -0.39 is 77.9 Å². The lowest BCUT2D eigenvalue weighted by molar-refractivity contribution is -0.263. The molecule has 392 valence electrons. The van der Waals surface area contributed by atoms with Crippen LogP contribution < -0.4 is 11.1 Å². The molecule has 6 N–H and O–H groups in total. The number of hydrogen-bond donors (Lipinski definition) is 5. The van der Waals surface area contributed by atoms with Crippen LogP contribution in [0.1, 0.15) is 131 Å². The highest BCUT2D eigenvalue weighted by atomic mass is 16.6. The summed E-state index contributed by atoms with van der Waals surface area (Å²) in [6.45, 7) is 11.3. The maximum absolute atomic E-state index is 14.5. The molecule has 0 aromatic heterocycles. The normalized spacial score (nSPS) is 37.7. The summed E-state index contributed by atoms with van der Waals surface area (Å²) in [4.78, 5) is 58.4. The molecule has 15 atom stereocenters. The van der Waals surface area contributed by atoms with E-state index in [0.29, 0.717) is 81.8 Å². The molecule has 15 heteroatoms. The van der Waals surface area contributed by atoms with Crippen LogP contribution in [0.25, 0.3) is 0 Å². The third-order valence-electron chi connectivity index (χ3n) is 15.5. The molecule has 2 saturated heterocycles. The molecule has 2 bridgehead atoms. The average Bonchev–Trinajstić information content (AvgIpc) is 3.35. The SMILES string of the molecule is COC1CC(C[C@@H](C)[C@@H]2CC[C@H](N)/C=C(\C)C(O)[C@@H](OC)C(=O)C(C)C[C@H](C)/C=C/C=C/C=C(\C)[C@H](Nc3ccc(C#N)cc3)C[C@@H]3CCC(C)C(O)(O3)C(=O)C(=O)N3CCCCC3C(=O)O2)CC[C@H]1O. The molecule has 5 rings (SSSR count). The van der Waals surface area contributed by atoms with Crippen molar-refractivity contribution in [1.29, 1.82) is 5.26 Å². The predicted octanol–water partition coefficient (Wildman–Crippen LogP) is 7.03. The summed E-state index contributed by atoms with van der Waals surface area (Å²) in [7, 11) is 3.00. The number of rotatable bonds is 7. The molecule has 3 fully saturated rings. The van der Waals surface area contributed by atoms with Crippen LogP contribution in [0.2, 0.25) is 0 Å². The summed E-state index contributed by atoms with van der Waals surface area (Å²) < 4.78 is 23.9. The lowest BCUT2D eigenvalue weighted by Crippen LogP contribution is -2.61. The van der Waals surface area contributed by atoms with Gasteiger partial charge >= 0.3 is 5.97 Å². The van der Waals surface area contributed by atoms with Gasteiger partial charge in [-0.25, -0.2) is 4.79 Å². The smallest absolute Gasteiger partial charge is 0.329 e. The van der Waals surface area contributed by atoms with E-state index in [-0.39, 0.29) is 48.6 Å². The number of amides is 1. The highest BCUT2D eigenvalue weighted by Crippen LogP contribution is 2.38. The summed E-state index contributed by atoms with van der Waals surface area (Å²) in [5, 5.41) is 47.1. The number of anilines is 1. The Labute approximate surface area is 421 Å². The molecule has 3 heterocycles. The zero-order chi connectivity index (χ0) is 52.0. The Kier molecular flexibility index (Phi) is 21.8. The zero-order valence-electron chi connectivity index (χ0n) is 43.3. The lowest BCUT2D eigenvalue weighted by atomic mass is 9.78. The Morgan fingerprint density at radius 3 is 2.32 bits per heavy atom. The van der Waals surface area contributed by atoms with Crippen LogP contribution in [0.15, 0.2) is 71.9 Å². The van der Waals surface area contributed by atoms with Crippen molar-refractivity contribution in [3.8, 4) is 6.07 Å². The molecule has 1 amide bonds. The number of allylic oxidation sites excluding steroid dienone is 5. The van der Waals surface area contributed by atoms with E-state index in [9.17, 15) is 39.8 Å². The molecule has 1 saturated carbocycles. The number of nitrogens with two attached hydrogens (primary N) is 1. The maximum atomic E-state index is 14.5. The van der Waals surface area contributed by atoms with Gasteiger partial charge in [0.25, 0.3) is 11.7 Å². The molecular weight excluding hydrogens is 905 g/mol. The van der Waals surface area contributed by atoms with Crippen LogP contribution in [0.3, 0.4) is 0 Å². The number of ketones is 2. The van der Waals surface area contributed by atoms with Crippen LogP contribution in [0.4, 0.5) is 5.69 Å². The lowest BCUT2D eigenvalue weighted by Gasteiger charge is -2.43. The fraction of sp³-hybridized carbons (Fsp3) is 0.661. The van der Waals surface area contributed by atoms with Crippen molar-refractivity contribution >= 4 is 29.1 Å². The molecular formula is C56H82N4O11. The van der Waals surface area contributed by atoms with Crippen molar-refractivity contribution in [1.82, 2.24) is 4.90 Å². The molecule has 4 aliphatic rings. The number of hydrogen-bond acceptors (Lipinski definition) is 14. The monoisotopic (exact) mass is 987 g/mol. The number of aliphatic hydroxyl groups excluding tert-OH is 2. The number of fused-ring (bicyclic) bond motifs is 3. The van der Waals surface area contributed by atoms with Crippen LogP contribution in [0, 0.1) is 40.9 Å². The van der Waals surface area contributed by atoms with Crippen molar-refractivity contribution < 1.29 is 53.4 Å². The molecule has 15 nitrogen and oxygen atoms in total. The predicted molar refractivity (Wildman–Crippen MR) is 271 cm³/mol. The average molecular weight is 987 g/mol. The standard InChI is InChI=1S/C56H82N4O11/c1-34-14-10-9-11-15-35(2)45(59-43-22-18-40(33-57)19-23-43)32-44-24-17-39(6)56(67,71-44)53(64)54(65)60-27-13-12-16-46(60)55(66)70-48(36(3)29-41-20-25-47(61)49(31-41)68-7)26-21-42(58)30-38(5)51(63)52(69-8)50(62)37(4)28-34/h9-11,14-15,18-19,22-23,30,34,36-37,39,41-42,44-49,51-52,59,61,63,67H,12-13,16-17,20-21,24-29,31-32,58H2,1-8H3/b11-9+,14-10+,35-15+,38-30+/t34-,36-,37?,39?,41?,42+,44+,45-,46?,47-,48+,49?,51?,52+,56?/m1/s1. The van der Waals surface area contributed by atoms with Crippen LogP contribution in [0.5, 0.6) is 0 Å². The van der Waals surface area contributed by atoms with Gasteiger partial charge in [0.15, 0.2) is 5.78 Å². The second-order valence-electron chi connectivity index (χ2n) is 21.0. The number of piperidine rings is 1. The van der Waals surface area contributed by atoms with Crippen LogP contribution in [-0.2, 0) is 38.1 Å². The number of Topliss-reactive ketones (excluding diaryl/α,β-unsaturated/α-hetero) is 2. The molecule has 1 aromatic rings. The van der Waals surface area contributed by atoms with Crippen LogP contribution in [-0.4, -0.2) is 125 Å². The quantitative estimate of drug-likeness (QED) is 0.105. The first-order valence-electron chi connectivity index (χ1n) is 25.9. The maximum Gasteiger partial charge on any atom is 0.329 e. The summed E-state index contributed by atoms with van der Waals surface area (Å²) in [6.07, 6.45) is 13.5. The molecule has 71 heavy (non-hydrogen) atoms. The third-order valence-corrected chi connectivity index (χ3v) is 15.5. The van der Waals surface area contributed by atoms with E-state index in [1.807, 2.05) is 70.2 Å². The number of carbonyl (C=O) groups is 4. The fourth-order valence-electron chi connectivity index (χ4n) is 10.9. The minimum atomic E-state index is -2.45. The Bertz CT molecular complexity index is 2120. The second kappa shape index (κ2) is 27.0. The van der Waals surface area contributed by atoms with Gasteiger partial charge in [-0.2, -0.15) is 5.26 Å². The van der Waals surface area contributed by atoms with E-state index in [4.69, 9.17) is 24.7 Å². The van der Waals surface area contributed by atoms with Crippen molar-refractivity contribution in [2.24, 2.45) is 35.3 Å². The molecule has 0 radical (unpaired) electrons. The summed E-state index contributed by atoms with van der Waals surface area (Å²) in [5.74, 6) is -6.56. The van der Waals surface area contributed by atoms with E-state index >= 15 is 0 Å². The topological polar surface area (TPSA) is 231 Å². The minimum Gasteiger partial charge on any atom is -0.461 e. The number of aliphatic hydroxyl groups is 3. The zero-order valence-corrected chi connectivity index (χ0v) is 43.3. The van der Waals surface area contributed by atoms with Gasteiger partial charge in [-0.3, -0.25) is 14.4 Å². The Morgan fingerprint density at radius 1 is 0.901 bits per heavy atom. The van der Waals surface area contributed by atoms with Gasteiger partial charge in [-0.15, -0.1) is 0 Å². The number of methoxy groups -OCH3 is 2. The summed E-state index contributed by atoms with van der Waals surface area (Å²) >= 11 is 0. The van der Waals surface area contributed by atoms with Crippen molar-refractivity contribution in [2.45, 2.75) is 186 Å². The van der Waals surface area contributed by atoms with Crippen LogP contribution >= 0.6 is 0 Å². The number of esters is 1. The number of cyclic esters (lactones) is 1. The number of nitriles is 1. The van der Waals surface area contributed by atoms with Crippen molar-refractivity contribution in [2.75, 3.05) is 26.1 Å². The number of benzene rings is 1. The fourth-order valence-corrected chi connectivity index (χ4v) is 10.9. The van der Waals surface area contributed by atoms with Gasteiger partial charge in [-0.05, 0) is 145 Å². The number of nitrogens with zero attached hydrogens (tertiary/aromatic N) is 2. The van der Waals surface area contributed by atoms with Crippen molar-refractivity contribution in [3.05, 3.63) is 77.4 Å². The summed E-state index contributed by atoms with van der Waals surface area (Å²) in [6, 6.07) is 7.17. The first-order chi connectivity index (χ1) is 33.8. The largest absolute Gasteiger partial charge is 0.461 e. The van der Waals surface area contributed by atoms with E-state index in [1.54, 1.807) is 39.2 Å². The first kappa shape index (κ1) is 57.4. The van der Waals surface area contributed by atoms with Gasteiger partial charge in [-0.1, -0.05) is 69.7 Å². The van der Waals surface area contributed by atoms with Gasteiger partial charge in [0.1, 0.15) is 24.4 Å². The van der Waals surface area contributed by atoms with E-state index in [2.05, 4.69) is 11.4 Å². The minimum absolute atomic E-state index is 0.0145. The number of nitrogens with one attached hydrogen (secondary N) is 1. The van der Waals surface area contributed by atoms with Gasteiger partial charge in [0, 0.05) is 50.4 Å². The van der Waals surface area contributed by atoms with E-state index in [0.717, 1.165) is 17.7 Å². The highest BCUT2D eigenvalue weighted by molar-refractivity contribution is 6.39. The van der Waals surface area contributed by atoms with Gasteiger partial charge < -0.3 is 50.2 Å². The number of carbonyl (C=O) groups excluding carboxylic acids is 4. The van der Waals surface area contributed by atoms with Gasteiger partial charge in [0.05, 0.1) is 29.9 Å². The van der Waals surface area contributed by atoms with Crippen molar-refractivity contribution in [3.63, 3.8) is 0 Å². The Hall–Kier alpha value is -4.53.